The van der Waals surface area contributed by atoms with Crippen LogP contribution in [0.4, 0.5) is 0 Å². The molecule has 3 heteroatoms. The Balaban J connectivity index is 2.31. The Labute approximate surface area is 111 Å². The number of fused-ring (bicyclic) bond motifs is 1. The van der Waals surface area contributed by atoms with Crippen molar-refractivity contribution in [2.24, 2.45) is 0 Å². The minimum atomic E-state index is 0.667. The van der Waals surface area contributed by atoms with E-state index in [0.717, 1.165) is 23.0 Å². The molecule has 0 saturated heterocycles. The van der Waals surface area contributed by atoms with Crippen LogP contribution in [0.1, 0.15) is 21.5 Å². The lowest BCUT2D eigenvalue weighted by molar-refractivity contribution is 0.112. The molecule has 3 nitrogen and oxygen atoms in total. The molecule has 0 aliphatic carbocycles. The molecular weight excluding hydrogens is 236 g/mol. The zero-order valence-electron chi connectivity index (χ0n) is 10.9. The molecule has 0 atom stereocenters. The summed E-state index contributed by atoms with van der Waals surface area (Å²) in [7, 11) is 0. The van der Waals surface area contributed by atoms with Crippen LogP contribution in [0.2, 0.25) is 0 Å². The summed E-state index contributed by atoms with van der Waals surface area (Å²) in [6.07, 6.45) is 2.65. The van der Waals surface area contributed by atoms with Gasteiger partial charge in [0, 0.05) is 5.56 Å². The van der Waals surface area contributed by atoms with Gasteiger partial charge in [0.1, 0.15) is 6.33 Å². The molecule has 0 spiro atoms. The van der Waals surface area contributed by atoms with Crippen molar-refractivity contribution in [1.82, 2.24) is 9.55 Å². The van der Waals surface area contributed by atoms with E-state index < -0.39 is 0 Å². The van der Waals surface area contributed by atoms with Gasteiger partial charge < -0.3 is 0 Å². The molecule has 0 radical (unpaired) electrons. The maximum absolute atomic E-state index is 11.1. The number of carbonyl (C=O) groups is 1. The van der Waals surface area contributed by atoms with E-state index >= 15 is 0 Å². The fraction of sp³-hybridized carbons (Fsp3) is 0.125. The normalized spacial score (nSPS) is 10.8. The number of aldehydes is 1. The average molecular weight is 250 g/mol. The van der Waals surface area contributed by atoms with Crippen LogP contribution in [0.25, 0.3) is 16.7 Å². The molecule has 0 aliphatic rings. The van der Waals surface area contributed by atoms with Crippen molar-refractivity contribution < 1.29 is 4.79 Å². The molecule has 3 aromatic rings. The van der Waals surface area contributed by atoms with Crippen molar-refractivity contribution in [2.45, 2.75) is 13.8 Å². The van der Waals surface area contributed by atoms with Gasteiger partial charge in [-0.25, -0.2) is 4.98 Å². The lowest BCUT2D eigenvalue weighted by Gasteiger charge is -2.08. The highest BCUT2D eigenvalue weighted by Gasteiger charge is 2.09. The molecule has 0 amide bonds. The highest BCUT2D eigenvalue weighted by Crippen LogP contribution is 2.23. The highest BCUT2D eigenvalue weighted by molar-refractivity contribution is 5.85. The van der Waals surface area contributed by atoms with Gasteiger partial charge >= 0.3 is 0 Å². The molecule has 94 valence electrons. The predicted octanol–water partition coefficient (Wildman–Crippen LogP) is 3.45. The molecule has 19 heavy (non-hydrogen) atoms. The first-order valence-corrected chi connectivity index (χ1v) is 6.19. The standard InChI is InChI=1S/C16H14N2O/c1-11-7-14-16(8-12(11)2)18(10-17-14)15-6-4-3-5-13(15)9-19/h3-10H,1-2H3. The van der Waals surface area contributed by atoms with Gasteiger partial charge in [-0.2, -0.15) is 0 Å². The quantitative estimate of drug-likeness (QED) is 0.653. The summed E-state index contributed by atoms with van der Waals surface area (Å²) in [4.78, 5) is 15.6. The summed E-state index contributed by atoms with van der Waals surface area (Å²) in [5, 5.41) is 0. The van der Waals surface area contributed by atoms with E-state index in [1.165, 1.54) is 11.1 Å². The molecule has 0 unspecified atom stereocenters. The number of rotatable bonds is 2. The molecular formula is C16H14N2O. The number of nitrogens with zero attached hydrogens (tertiary/aromatic N) is 2. The average Bonchev–Trinajstić information content (AvgIpc) is 2.82. The summed E-state index contributed by atoms with van der Waals surface area (Å²) in [5.74, 6) is 0. The molecule has 0 fully saturated rings. The van der Waals surface area contributed by atoms with Gasteiger partial charge in [0.2, 0.25) is 0 Å². The minimum Gasteiger partial charge on any atom is -0.298 e. The zero-order chi connectivity index (χ0) is 13.4. The Morgan fingerprint density at radius 1 is 1.11 bits per heavy atom. The number of imidazole rings is 1. The van der Waals surface area contributed by atoms with Crippen molar-refractivity contribution >= 4 is 17.3 Å². The number of carbonyl (C=O) groups excluding carboxylic acids is 1. The number of aryl methyl sites for hydroxylation is 2. The number of benzene rings is 2. The predicted molar refractivity (Wildman–Crippen MR) is 75.9 cm³/mol. The van der Waals surface area contributed by atoms with E-state index in [9.17, 15) is 4.79 Å². The topological polar surface area (TPSA) is 34.9 Å². The summed E-state index contributed by atoms with van der Waals surface area (Å²) in [6.45, 7) is 4.16. The van der Waals surface area contributed by atoms with Gasteiger partial charge in [0.25, 0.3) is 0 Å². The summed E-state index contributed by atoms with van der Waals surface area (Å²) in [6, 6.07) is 11.7. The van der Waals surface area contributed by atoms with Crippen molar-refractivity contribution in [1.29, 1.82) is 0 Å². The van der Waals surface area contributed by atoms with E-state index in [2.05, 4.69) is 31.0 Å². The van der Waals surface area contributed by atoms with Crippen LogP contribution < -0.4 is 0 Å². The maximum Gasteiger partial charge on any atom is 0.152 e. The van der Waals surface area contributed by atoms with Gasteiger partial charge in [-0.1, -0.05) is 12.1 Å². The van der Waals surface area contributed by atoms with E-state index in [1.54, 1.807) is 6.33 Å². The first-order chi connectivity index (χ1) is 9.20. The Morgan fingerprint density at radius 3 is 2.63 bits per heavy atom. The molecule has 1 aromatic heterocycles. The Hall–Kier alpha value is -2.42. The van der Waals surface area contributed by atoms with Gasteiger partial charge in [-0.15, -0.1) is 0 Å². The van der Waals surface area contributed by atoms with Crippen LogP contribution in [-0.2, 0) is 0 Å². The fourth-order valence-corrected chi connectivity index (χ4v) is 2.26. The van der Waals surface area contributed by atoms with Crippen molar-refractivity contribution in [2.75, 3.05) is 0 Å². The third-order valence-corrected chi connectivity index (χ3v) is 3.49. The lowest BCUT2D eigenvalue weighted by Crippen LogP contribution is -1.97. The largest absolute Gasteiger partial charge is 0.298 e. The van der Waals surface area contributed by atoms with Gasteiger partial charge in [0.05, 0.1) is 16.7 Å². The van der Waals surface area contributed by atoms with Gasteiger partial charge in [0.15, 0.2) is 6.29 Å². The Bertz CT molecular complexity index is 772. The molecule has 3 rings (SSSR count). The van der Waals surface area contributed by atoms with Crippen molar-refractivity contribution in [3.8, 4) is 5.69 Å². The fourth-order valence-electron chi connectivity index (χ4n) is 2.26. The Kier molecular flexibility index (Phi) is 2.67. The SMILES string of the molecule is Cc1cc2ncn(-c3ccccc3C=O)c2cc1C. The highest BCUT2D eigenvalue weighted by atomic mass is 16.1. The first-order valence-electron chi connectivity index (χ1n) is 6.19. The Morgan fingerprint density at radius 2 is 1.84 bits per heavy atom. The van der Waals surface area contributed by atoms with Gasteiger partial charge in [-0.3, -0.25) is 9.36 Å². The number of hydrogen-bond acceptors (Lipinski definition) is 2. The molecule has 0 N–H and O–H groups in total. The summed E-state index contributed by atoms with van der Waals surface area (Å²) >= 11 is 0. The zero-order valence-corrected chi connectivity index (χ0v) is 10.9. The van der Waals surface area contributed by atoms with E-state index in [0.29, 0.717) is 5.56 Å². The molecule has 1 heterocycles. The third kappa shape index (κ3) is 1.83. The lowest BCUT2D eigenvalue weighted by atomic mass is 10.1. The van der Waals surface area contributed by atoms with E-state index in [-0.39, 0.29) is 0 Å². The summed E-state index contributed by atoms with van der Waals surface area (Å²) < 4.78 is 1.96. The van der Waals surface area contributed by atoms with Crippen LogP contribution in [0.5, 0.6) is 0 Å². The second kappa shape index (κ2) is 4.35. The van der Waals surface area contributed by atoms with Crippen LogP contribution in [0.15, 0.2) is 42.7 Å². The van der Waals surface area contributed by atoms with E-state index in [4.69, 9.17) is 0 Å². The first kappa shape index (κ1) is 11.7. The molecule has 0 saturated carbocycles. The monoisotopic (exact) mass is 250 g/mol. The van der Waals surface area contributed by atoms with Crippen LogP contribution >= 0.6 is 0 Å². The van der Waals surface area contributed by atoms with Crippen LogP contribution in [0.3, 0.4) is 0 Å². The van der Waals surface area contributed by atoms with Crippen LogP contribution in [-0.4, -0.2) is 15.8 Å². The molecule has 2 aromatic carbocycles. The summed E-state index contributed by atoms with van der Waals surface area (Å²) in [5.41, 5.74) is 5.95. The second-order valence-corrected chi connectivity index (χ2v) is 4.72. The second-order valence-electron chi connectivity index (χ2n) is 4.72. The van der Waals surface area contributed by atoms with E-state index in [1.807, 2.05) is 28.8 Å². The third-order valence-electron chi connectivity index (χ3n) is 3.49. The van der Waals surface area contributed by atoms with Crippen LogP contribution in [0, 0.1) is 13.8 Å². The minimum absolute atomic E-state index is 0.667. The molecule has 0 aliphatic heterocycles. The number of hydrogen-bond donors (Lipinski definition) is 0. The molecule has 0 bridgehead atoms. The smallest absolute Gasteiger partial charge is 0.152 e. The van der Waals surface area contributed by atoms with Crippen molar-refractivity contribution in [3.05, 3.63) is 59.4 Å². The maximum atomic E-state index is 11.1. The van der Waals surface area contributed by atoms with Crippen molar-refractivity contribution in [3.63, 3.8) is 0 Å². The van der Waals surface area contributed by atoms with Gasteiger partial charge in [-0.05, 0) is 49.2 Å². The number of aromatic nitrogens is 2. The number of para-hydroxylation sites is 1.